The van der Waals surface area contributed by atoms with Gasteiger partial charge in [-0.2, -0.15) is 0 Å². The van der Waals surface area contributed by atoms with Crippen LogP contribution in [-0.2, 0) is 9.53 Å². The molecule has 0 bridgehead atoms. The number of carbonyl (C=O) groups excluding carboxylic acids is 1. The molecule has 3 nitrogen and oxygen atoms in total. The van der Waals surface area contributed by atoms with E-state index in [0.29, 0.717) is 5.92 Å². The second-order valence-corrected chi connectivity index (χ2v) is 5.00. The Balaban J connectivity index is 0.00000180. The highest BCUT2D eigenvalue weighted by atomic mass is 35.5. The largest absolute Gasteiger partial charge is 0.469 e. The number of halogens is 1. The highest BCUT2D eigenvalue weighted by Gasteiger charge is 2.31. The quantitative estimate of drug-likeness (QED) is 0.867. The van der Waals surface area contributed by atoms with Crippen LogP contribution in [0.1, 0.15) is 29.9 Å². The zero-order valence-corrected chi connectivity index (χ0v) is 12.3. The van der Waals surface area contributed by atoms with E-state index in [4.69, 9.17) is 4.74 Å². The Kier molecular flexibility index (Phi) is 6.32. The van der Waals surface area contributed by atoms with Crippen molar-refractivity contribution in [2.24, 2.45) is 5.92 Å². The van der Waals surface area contributed by atoms with Gasteiger partial charge >= 0.3 is 5.97 Å². The summed E-state index contributed by atoms with van der Waals surface area (Å²) in [5.41, 5.74) is 2.30. The number of carbonyl (C=O) groups is 1. The van der Waals surface area contributed by atoms with Gasteiger partial charge in [-0.25, -0.2) is 0 Å². The number of ether oxygens (including phenoxy) is 1. The van der Waals surface area contributed by atoms with Crippen molar-refractivity contribution in [1.82, 2.24) is 5.32 Å². The Morgan fingerprint density at radius 2 is 1.84 bits per heavy atom. The molecule has 106 valence electrons. The van der Waals surface area contributed by atoms with E-state index in [1.54, 1.807) is 0 Å². The average Bonchev–Trinajstić information content (AvgIpc) is 2.42. The molecule has 19 heavy (non-hydrogen) atoms. The van der Waals surface area contributed by atoms with Crippen LogP contribution in [0, 0.1) is 12.8 Å². The fraction of sp³-hybridized carbons (Fsp3) is 0.533. The van der Waals surface area contributed by atoms with Crippen molar-refractivity contribution in [3.05, 3.63) is 35.4 Å². The fourth-order valence-electron chi connectivity index (χ4n) is 2.68. The molecule has 4 heteroatoms. The molecular formula is C15H22ClNO2. The van der Waals surface area contributed by atoms with Gasteiger partial charge in [-0.15, -0.1) is 12.4 Å². The molecule has 1 aliphatic heterocycles. The monoisotopic (exact) mass is 283 g/mol. The van der Waals surface area contributed by atoms with Crippen LogP contribution in [0.2, 0.25) is 0 Å². The molecule has 1 fully saturated rings. The van der Waals surface area contributed by atoms with Crippen LogP contribution < -0.4 is 5.32 Å². The molecule has 1 heterocycles. The minimum atomic E-state index is -0.113. The first kappa shape index (κ1) is 16.0. The Bertz CT molecular complexity index is 399. The number of aryl methyl sites for hydroxylation is 1. The van der Waals surface area contributed by atoms with Crippen LogP contribution in [0.25, 0.3) is 0 Å². The van der Waals surface area contributed by atoms with Crippen LogP contribution in [0.3, 0.4) is 0 Å². The molecule has 1 atom stereocenters. The second kappa shape index (κ2) is 7.51. The first-order valence-corrected chi connectivity index (χ1v) is 6.57. The van der Waals surface area contributed by atoms with Crippen LogP contribution in [-0.4, -0.2) is 26.2 Å². The number of hydrogen-bond acceptors (Lipinski definition) is 3. The number of methoxy groups -OCH3 is 1. The van der Waals surface area contributed by atoms with Gasteiger partial charge in [0.1, 0.15) is 0 Å². The predicted octanol–water partition coefficient (Wildman–Crippen LogP) is 2.67. The minimum Gasteiger partial charge on any atom is -0.469 e. The first-order valence-electron chi connectivity index (χ1n) is 6.57. The summed E-state index contributed by atoms with van der Waals surface area (Å²) in [6, 6.07) is 8.23. The number of rotatable bonds is 3. The van der Waals surface area contributed by atoms with Gasteiger partial charge < -0.3 is 10.1 Å². The molecule has 0 saturated carbocycles. The molecule has 1 unspecified atom stereocenters. The molecule has 1 aromatic carbocycles. The summed E-state index contributed by atoms with van der Waals surface area (Å²) in [6.45, 7) is 4.04. The molecule has 0 radical (unpaired) electrons. The SMILES string of the molecule is COC(=O)C(c1ccc(C)cc1)C1CCNCC1.Cl. The van der Waals surface area contributed by atoms with E-state index in [2.05, 4.69) is 36.5 Å². The molecule has 1 aliphatic rings. The molecule has 1 aromatic rings. The van der Waals surface area contributed by atoms with E-state index in [1.807, 2.05) is 0 Å². The van der Waals surface area contributed by atoms with Gasteiger partial charge in [-0.1, -0.05) is 29.8 Å². The molecule has 0 aromatic heterocycles. The molecule has 0 aliphatic carbocycles. The van der Waals surface area contributed by atoms with E-state index in [9.17, 15) is 4.79 Å². The average molecular weight is 284 g/mol. The normalized spacial score (nSPS) is 17.4. The molecule has 2 rings (SSSR count). The number of nitrogens with one attached hydrogen (secondary N) is 1. The number of hydrogen-bond donors (Lipinski definition) is 1. The number of benzene rings is 1. The highest BCUT2D eigenvalue weighted by Crippen LogP contribution is 2.32. The van der Waals surface area contributed by atoms with Gasteiger partial charge in [0.2, 0.25) is 0 Å². The van der Waals surface area contributed by atoms with Crippen molar-refractivity contribution in [1.29, 1.82) is 0 Å². The van der Waals surface area contributed by atoms with Gasteiger partial charge in [0.05, 0.1) is 13.0 Å². The zero-order valence-electron chi connectivity index (χ0n) is 11.5. The summed E-state index contributed by atoms with van der Waals surface area (Å²) in [4.78, 5) is 12.1. The minimum absolute atomic E-state index is 0. The summed E-state index contributed by atoms with van der Waals surface area (Å²) in [6.07, 6.45) is 2.07. The summed E-state index contributed by atoms with van der Waals surface area (Å²) in [5, 5.41) is 3.33. The van der Waals surface area contributed by atoms with Crippen molar-refractivity contribution in [2.45, 2.75) is 25.7 Å². The van der Waals surface area contributed by atoms with Crippen molar-refractivity contribution in [3.8, 4) is 0 Å². The predicted molar refractivity (Wildman–Crippen MR) is 78.8 cm³/mol. The van der Waals surface area contributed by atoms with Crippen molar-refractivity contribution in [2.75, 3.05) is 20.2 Å². The fourth-order valence-corrected chi connectivity index (χ4v) is 2.68. The molecule has 1 saturated heterocycles. The molecule has 0 amide bonds. The third kappa shape index (κ3) is 3.95. The van der Waals surface area contributed by atoms with E-state index in [0.717, 1.165) is 31.5 Å². The second-order valence-electron chi connectivity index (χ2n) is 5.00. The molecule has 0 spiro atoms. The Hall–Kier alpha value is -1.06. The summed E-state index contributed by atoms with van der Waals surface area (Å²) >= 11 is 0. The maximum atomic E-state index is 12.1. The lowest BCUT2D eigenvalue weighted by Gasteiger charge is -2.29. The van der Waals surface area contributed by atoms with Gasteiger partial charge in [0.15, 0.2) is 0 Å². The Morgan fingerprint density at radius 1 is 1.26 bits per heavy atom. The Labute approximate surface area is 121 Å². The maximum Gasteiger partial charge on any atom is 0.313 e. The smallest absolute Gasteiger partial charge is 0.313 e. The maximum absolute atomic E-state index is 12.1. The van der Waals surface area contributed by atoms with Crippen LogP contribution in [0.4, 0.5) is 0 Å². The van der Waals surface area contributed by atoms with Gasteiger partial charge in [-0.05, 0) is 44.3 Å². The molecule has 1 N–H and O–H groups in total. The Morgan fingerprint density at radius 3 is 2.37 bits per heavy atom. The van der Waals surface area contributed by atoms with E-state index < -0.39 is 0 Å². The van der Waals surface area contributed by atoms with Crippen molar-refractivity contribution < 1.29 is 9.53 Å². The van der Waals surface area contributed by atoms with Crippen LogP contribution in [0.15, 0.2) is 24.3 Å². The lowest BCUT2D eigenvalue weighted by molar-refractivity contribution is -0.144. The third-order valence-electron chi connectivity index (χ3n) is 3.75. The van der Waals surface area contributed by atoms with Gasteiger partial charge in [-0.3, -0.25) is 4.79 Å². The standard InChI is InChI=1S/C15H21NO2.ClH/c1-11-3-5-12(6-4-11)14(15(17)18-2)13-7-9-16-10-8-13;/h3-6,13-14,16H,7-10H2,1-2H3;1H. The first-order chi connectivity index (χ1) is 8.72. The zero-order chi connectivity index (χ0) is 13.0. The van der Waals surface area contributed by atoms with Crippen molar-refractivity contribution in [3.63, 3.8) is 0 Å². The number of piperidine rings is 1. The summed E-state index contributed by atoms with van der Waals surface area (Å²) in [7, 11) is 1.48. The third-order valence-corrected chi connectivity index (χ3v) is 3.75. The van der Waals surface area contributed by atoms with Gasteiger partial charge in [0, 0.05) is 0 Å². The lowest BCUT2D eigenvalue weighted by atomic mass is 9.80. The lowest BCUT2D eigenvalue weighted by Crippen LogP contribution is -2.34. The molecular weight excluding hydrogens is 262 g/mol. The topological polar surface area (TPSA) is 38.3 Å². The van der Waals surface area contributed by atoms with E-state index in [1.165, 1.54) is 12.7 Å². The van der Waals surface area contributed by atoms with E-state index in [-0.39, 0.29) is 24.3 Å². The highest BCUT2D eigenvalue weighted by molar-refractivity contribution is 5.85. The number of esters is 1. The van der Waals surface area contributed by atoms with E-state index >= 15 is 0 Å². The summed E-state index contributed by atoms with van der Waals surface area (Å²) in [5.74, 6) is 0.171. The van der Waals surface area contributed by atoms with Crippen LogP contribution >= 0.6 is 12.4 Å². The van der Waals surface area contributed by atoms with Crippen molar-refractivity contribution >= 4 is 18.4 Å². The summed E-state index contributed by atoms with van der Waals surface area (Å²) < 4.78 is 4.99. The van der Waals surface area contributed by atoms with Crippen LogP contribution in [0.5, 0.6) is 0 Å². The van der Waals surface area contributed by atoms with Gasteiger partial charge in [0.25, 0.3) is 0 Å².